The quantitative estimate of drug-likeness (QED) is 0.656. The summed E-state index contributed by atoms with van der Waals surface area (Å²) in [5.74, 6) is 0. The van der Waals surface area contributed by atoms with Crippen molar-refractivity contribution in [1.29, 1.82) is 0 Å². The van der Waals surface area contributed by atoms with Crippen molar-refractivity contribution in [2.75, 3.05) is 26.2 Å². The van der Waals surface area contributed by atoms with E-state index < -0.39 is 0 Å². The van der Waals surface area contributed by atoms with Gasteiger partial charge in [-0.2, -0.15) is 5.10 Å². The summed E-state index contributed by atoms with van der Waals surface area (Å²) in [6.07, 6.45) is 1.96. The van der Waals surface area contributed by atoms with Crippen LogP contribution in [0.25, 0.3) is 10.8 Å². The highest BCUT2D eigenvalue weighted by Gasteiger charge is 2.19. The second-order valence-electron chi connectivity index (χ2n) is 6.78. The summed E-state index contributed by atoms with van der Waals surface area (Å²) in [5, 5.41) is 9.58. The van der Waals surface area contributed by atoms with Crippen molar-refractivity contribution in [2.24, 2.45) is 5.10 Å². The van der Waals surface area contributed by atoms with E-state index >= 15 is 0 Å². The van der Waals surface area contributed by atoms with Crippen LogP contribution in [0.15, 0.2) is 76.3 Å². The number of hydrazone groups is 1. The lowest BCUT2D eigenvalue weighted by Gasteiger charge is -2.30. The molecule has 132 valence electrons. The highest BCUT2D eigenvalue weighted by Crippen LogP contribution is 2.17. The lowest BCUT2D eigenvalue weighted by Crippen LogP contribution is -3.13. The number of nitrogens with one attached hydrogen (secondary N) is 1. The van der Waals surface area contributed by atoms with E-state index in [2.05, 4.69) is 74.6 Å². The van der Waals surface area contributed by atoms with Gasteiger partial charge in [0, 0.05) is 15.6 Å². The molecular weight excluding hydrogens is 386 g/mol. The SMILES string of the molecule is Brc1ccccc1/C=N\N1CC[NH+](Cc2cccc3ccccc23)CC1. The lowest BCUT2D eigenvalue weighted by molar-refractivity contribution is -0.918. The number of halogens is 1. The first-order valence-corrected chi connectivity index (χ1v) is 9.92. The maximum absolute atomic E-state index is 4.67. The minimum absolute atomic E-state index is 1.00. The van der Waals surface area contributed by atoms with Crippen LogP contribution in [-0.2, 0) is 6.54 Å². The molecule has 0 saturated carbocycles. The van der Waals surface area contributed by atoms with Gasteiger partial charge in [0.15, 0.2) is 0 Å². The fourth-order valence-corrected chi connectivity index (χ4v) is 3.93. The Labute approximate surface area is 163 Å². The summed E-state index contributed by atoms with van der Waals surface area (Å²) in [6, 6.07) is 23.5. The molecule has 0 amide bonds. The normalized spacial score (nSPS) is 15.8. The molecule has 4 heteroatoms. The summed E-state index contributed by atoms with van der Waals surface area (Å²) >= 11 is 3.57. The van der Waals surface area contributed by atoms with Gasteiger partial charge >= 0.3 is 0 Å². The molecule has 0 unspecified atom stereocenters. The smallest absolute Gasteiger partial charge is 0.104 e. The Morgan fingerprint density at radius 1 is 0.923 bits per heavy atom. The molecule has 0 aromatic heterocycles. The van der Waals surface area contributed by atoms with Crippen LogP contribution in [0.2, 0.25) is 0 Å². The number of quaternary nitrogens is 1. The van der Waals surface area contributed by atoms with Crippen LogP contribution in [0.5, 0.6) is 0 Å². The zero-order chi connectivity index (χ0) is 17.8. The molecular formula is C22H23BrN3+. The van der Waals surface area contributed by atoms with E-state index in [4.69, 9.17) is 0 Å². The third-order valence-corrected chi connectivity index (χ3v) is 5.75. The predicted octanol–water partition coefficient (Wildman–Crippen LogP) is 3.34. The van der Waals surface area contributed by atoms with Gasteiger partial charge in [0.1, 0.15) is 6.54 Å². The lowest BCUT2D eigenvalue weighted by atomic mass is 10.0. The zero-order valence-electron chi connectivity index (χ0n) is 14.7. The van der Waals surface area contributed by atoms with E-state index in [1.54, 1.807) is 4.90 Å². The molecule has 0 radical (unpaired) electrons. The summed E-state index contributed by atoms with van der Waals surface area (Å²) in [4.78, 5) is 1.63. The van der Waals surface area contributed by atoms with Crippen LogP contribution < -0.4 is 4.90 Å². The van der Waals surface area contributed by atoms with E-state index in [1.165, 1.54) is 16.3 Å². The van der Waals surface area contributed by atoms with Gasteiger partial charge in [-0.05, 0) is 16.8 Å². The van der Waals surface area contributed by atoms with E-state index in [0.29, 0.717) is 0 Å². The number of hydrogen-bond donors (Lipinski definition) is 1. The van der Waals surface area contributed by atoms with Crippen molar-refractivity contribution >= 4 is 32.9 Å². The van der Waals surface area contributed by atoms with Crippen LogP contribution in [0, 0.1) is 0 Å². The van der Waals surface area contributed by atoms with Crippen molar-refractivity contribution in [3.63, 3.8) is 0 Å². The molecule has 26 heavy (non-hydrogen) atoms. The van der Waals surface area contributed by atoms with Gasteiger partial charge in [-0.1, -0.05) is 76.6 Å². The van der Waals surface area contributed by atoms with Gasteiger partial charge < -0.3 is 4.90 Å². The molecule has 1 fully saturated rings. The van der Waals surface area contributed by atoms with Gasteiger partial charge in [0.2, 0.25) is 0 Å². The Balaban J connectivity index is 1.37. The van der Waals surface area contributed by atoms with Gasteiger partial charge in [0.25, 0.3) is 0 Å². The topological polar surface area (TPSA) is 20.0 Å². The summed E-state index contributed by atoms with van der Waals surface area (Å²) < 4.78 is 1.09. The van der Waals surface area contributed by atoms with Gasteiger partial charge in [0.05, 0.1) is 32.4 Å². The van der Waals surface area contributed by atoms with Crippen LogP contribution in [0.3, 0.4) is 0 Å². The molecule has 3 nitrogen and oxygen atoms in total. The minimum Gasteiger partial charge on any atom is -0.328 e. The summed E-state index contributed by atoms with van der Waals surface area (Å²) in [6.45, 7) is 5.33. The van der Waals surface area contributed by atoms with Gasteiger partial charge in [-0.3, -0.25) is 5.01 Å². The monoisotopic (exact) mass is 408 g/mol. The molecule has 1 N–H and O–H groups in total. The average Bonchev–Trinajstić information content (AvgIpc) is 2.69. The fourth-order valence-electron chi connectivity index (χ4n) is 3.54. The molecule has 1 heterocycles. The van der Waals surface area contributed by atoms with Crippen molar-refractivity contribution in [3.05, 3.63) is 82.3 Å². The summed E-state index contributed by atoms with van der Waals surface area (Å²) in [7, 11) is 0. The highest BCUT2D eigenvalue weighted by molar-refractivity contribution is 9.10. The number of hydrogen-bond acceptors (Lipinski definition) is 2. The Morgan fingerprint density at radius 3 is 2.50 bits per heavy atom. The Kier molecular flexibility index (Phi) is 5.32. The third kappa shape index (κ3) is 3.97. The van der Waals surface area contributed by atoms with Crippen molar-refractivity contribution in [2.45, 2.75) is 6.54 Å². The number of fused-ring (bicyclic) bond motifs is 1. The van der Waals surface area contributed by atoms with Crippen LogP contribution >= 0.6 is 15.9 Å². The Hall–Kier alpha value is -2.17. The molecule has 4 rings (SSSR count). The van der Waals surface area contributed by atoms with E-state index in [1.807, 2.05) is 24.4 Å². The molecule has 0 bridgehead atoms. The average molecular weight is 409 g/mol. The number of benzene rings is 3. The van der Waals surface area contributed by atoms with Crippen LogP contribution in [-0.4, -0.2) is 37.4 Å². The number of piperazine rings is 1. The maximum atomic E-state index is 4.67. The molecule has 1 saturated heterocycles. The molecule has 3 aromatic rings. The highest BCUT2D eigenvalue weighted by atomic mass is 79.9. The second kappa shape index (κ2) is 8.02. The third-order valence-electron chi connectivity index (χ3n) is 5.03. The van der Waals surface area contributed by atoms with E-state index in [9.17, 15) is 0 Å². The van der Waals surface area contributed by atoms with Gasteiger partial charge in [-0.25, -0.2) is 0 Å². The van der Waals surface area contributed by atoms with Crippen LogP contribution in [0.4, 0.5) is 0 Å². The first-order valence-electron chi connectivity index (χ1n) is 9.13. The Morgan fingerprint density at radius 2 is 1.65 bits per heavy atom. The minimum atomic E-state index is 1.00. The molecule has 0 atom stereocenters. The summed E-state index contributed by atoms with van der Waals surface area (Å²) in [5.41, 5.74) is 2.57. The number of nitrogens with zero attached hydrogens (tertiary/aromatic N) is 2. The largest absolute Gasteiger partial charge is 0.328 e. The molecule has 1 aliphatic heterocycles. The number of rotatable bonds is 4. The standard InChI is InChI=1S/C22H22BrN3/c23-22-11-4-2-7-19(22)16-24-26-14-12-25(13-15-26)17-20-9-5-8-18-6-1-3-10-21(18)20/h1-11,16H,12-15,17H2/p+1/b24-16-. The fraction of sp³-hybridized carbons (Fsp3) is 0.227. The van der Waals surface area contributed by atoms with Crippen molar-refractivity contribution in [1.82, 2.24) is 5.01 Å². The molecule has 3 aromatic carbocycles. The van der Waals surface area contributed by atoms with Crippen molar-refractivity contribution < 1.29 is 4.90 Å². The first-order chi connectivity index (χ1) is 12.8. The molecule has 1 aliphatic rings. The van der Waals surface area contributed by atoms with E-state index in [-0.39, 0.29) is 0 Å². The van der Waals surface area contributed by atoms with Gasteiger partial charge in [-0.15, -0.1) is 0 Å². The van der Waals surface area contributed by atoms with Crippen LogP contribution in [0.1, 0.15) is 11.1 Å². The molecule has 0 aliphatic carbocycles. The predicted molar refractivity (Wildman–Crippen MR) is 112 cm³/mol. The zero-order valence-corrected chi connectivity index (χ0v) is 16.3. The van der Waals surface area contributed by atoms with E-state index in [0.717, 1.165) is 42.8 Å². The molecule has 0 spiro atoms. The second-order valence-corrected chi connectivity index (χ2v) is 7.64. The Bertz CT molecular complexity index is 909. The first kappa shape index (κ1) is 17.3. The van der Waals surface area contributed by atoms with Crippen molar-refractivity contribution in [3.8, 4) is 0 Å². The maximum Gasteiger partial charge on any atom is 0.104 e.